The minimum atomic E-state index is 0.103. The lowest BCUT2D eigenvalue weighted by Gasteiger charge is -2.36. The zero-order chi connectivity index (χ0) is 14.9. The largest absolute Gasteiger partial charge is 0.345 e. The maximum atomic E-state index is 11.7. The fourth-order valence-corrected chi connectivity index (χ4v) is 4.06. The van der Waals surface area contributed by atoms with Crippen molar-refractivity contribution in [3.05, 3.63) is 46.4 Å². The molecule has 0 aliphatic carbocycles. The maximum Gasteiger partial charge on any atom is 0.317 e. The Balaban J connectivity index is 1.42. The first kappa shape index (κ1) is 13.8. The minimum absolute atomic E-state index is 0.103. The Morgan fingerprint density at radius 2 is 2.18 bits per heavy atom. The second-order valence-electron chi connectivity index (χ2n) is 5.98. The van der Waals surface area contributed by atoms with Gasteiger partial charge in [0, 0.05) is 49.5 Å². The zero-order valence-corrected chi connectivity index (χ0v) is 13.3. The highest BCUT2D eigenvalue weighted by atomic mass is 32.1. The summed E-state index contributed by atoms with van der Waals surface area (Å²) in [5.74, 6) is 0. The SMILES string of the molecule is O=C1NC[C@@H]2CN(Cc3cccn3Cc3cccs3)CCN12. The number of carbonyl (C=O) groups is 1. The van der Waals surface area contributed by atoms with Crippen molar-refractivity contribution in [2.75, 3.05) is 26.2 Å². The summed E-state index contributed by atoms with van der Waals surface area (Å²) >= 11 is 1.80. The summed E-state index contributed by atoms with van der Waals surface area (Å²) in [5.41, 5.74) is 1.35. The molecule has 2 saturated heterocycles. The average Bonchev–Trinajstić information content (AvgIpc) is 3.24. The molecule has 0 spiro atoms. The molecular weight excluding hydrogens is 296 g/mol. The first-order chi connectivity index (χ1) is 10.8. The fourth-order valence-electron chi connectivity index (χ4n) is 3.36. The van der Waals surface area contributed by atoms with Gasteiger partial charge >= 0.3 is 6.03 Å². The van der Waals surface area contributed by atoms with Crippen LogP contribution in [0.3, 0.4) is 0 Å². The highest BCUT2D eigenvalue weighted by Crippen LogP contribution is 2.18. The van der Waals surface area contributed by atoms with Gasteiger partial charge in [0.25, 0.3) is 0 Å². The summed E-state index contributed by atoms with van der Waals surface area (Å²) < 4.78 is 2.33. The molecule has 5 nitrogen and oxygen atoms in total. The summed E-state index contributed by atoms with van der Waals surface area (Å²) in [6.07, 6.45) is 2.16. The van der Waals surface area contributed by atoms with Gasteiger partial charge < -0.3 is 14.8 Å². The van der Waals surface area contributed by atoms with Crippen LogP contribution in [0, 0.1) is 0 Å². The molecular formula is C16H20N4OS. The van der Waals surface area contributed by atoms with Gasteiger partial charge in [0.05, 0.1) is 12.6 Å². The molecule has 2 aromatic heterocycles. The molecule has 0 radical (unpaired) electrons. The van der Waals surface area contributed by atoms with E-state index in [0.717, 1.165) is 39.3 Å². The standard InChI is InChI=1S/C16H20N4OS/c21-16-17-9-14-11-18(6-7-20(14)16)10-13-3-1-5-19(13)12-15-4-2-8-22-15/h1-5,8,14H,6-7,9-12H2,(H,17,21)/t14-/m1/s1. The second kappa shape index (κ2) is 5.78. The monoisotopic (exact) mass is 316 g/mol. The lowest BCUT2D eigenvalue weighted by Crippen LogP contribution is -2.51. The lowest BCUT2D eigenvalue weighted by molar-refractivity contribution is 0.115. The van der Waals surface area contributed by atoms with Gasteiger partial charge in [0.15, 0.2) is 0 Å². The molecule has 22 heavy (non-hydrogen) atoms. The molecule has 0 unspecified atom stereocenters. The number of hydrogen-bond acceptors (Lipinski definition) is 3. The Kier molecular flexibility index (Phi) is 3.63. The molecule has 0 aromatic carbocycles. The van der Waals surface area contributed by atoms with Gasteiger partial charge in [-0.1, -0.05) is 6.07 Å². The topological polar surface area (TPSA) is 40.5 Å². The van der Waals surface area contributed by atoms with Crippen LogP contribution in [0.5, 0.6) is 0 Å². The smallest absolute Gasteiger partial charge is 0.317 e. The Labute approximate surface area is 134 Å². The Morgan fingerprint density at radius 3 is 3.05 bits per heavy atom. The van der Waals surface area contributed by atoms with Gasteiger partial charge in [-0.25, -0.2) is 4.79 Å². The third-order valence-corrected chi connectivity index (χ3v) is 5.39. The third kappa shape index (κ3) is 2.64. The van der Waals surface area contributed by atoms with Gasteiger partial charge in [0.1, 0.15) is 0 Å². The van der Waals surface area contributed by atoms with E-state index in [-0.39, 0.29) is 6.03 Å². The van der Waals surface area contributed by atoms with Crippen LogP contribution in [0.4, 0.5) is 4.79 Å². The average molecular weight is 316 g/mol. The van der Waals surface area contributed by atoms with Crippen molar-refractivity contribution >= 4 is 17.4 Å². The molecule has 4 heterocycles. The number of urea groups is 1. The summed E-state index contributed by atoms with van der Waals surface area (Å²) in [6.45, 7) is 5.44. The van der Waals surface area contributed by atoms with Crippen molar-refractivity contribution in [2.45, 2.75) is 19.1 Å². The summed E-state index contributed by atoms with van der Waals surface area (Å²) in [5, 5.41) is 5.07. The van der Waals surface area contributed by atoms with E-state index in [0.29, 0.717) is 6.04 Å². The molecule has 0 saturated carbocycles. The van der Waals surface area contributed by atoms with E-state index >= 15 is 0 Å². The van der Waals surface area contributed by atoms with Crippen LogP contribution in [-0.2, 0) is 13.1 Å². The predicted molar refractivity (Wildman–Crippen MR) is 87.0 cm³/mol. The number of rotatable bonds is 4. The van der Waals surface area contributed by atoms with Gasteiger partial charge in [-0.2, -0.15) is 0 Å². The van der Waals surface area contributed by atoms with Gasteiger partial charge in [-0.15, -0.1) is 11.3 Å². The summed E-state index contributed by atoms with van der Waals surface area (Å²) in [6, 6.07) is 9.06. The molecule has 2 aliphatic rings. The highest BCUT2D eigenvalue weighted by Gasteiger charge is 2.35. The molecule has 116 valence electrons. The van der Waals surface area contributed by atoms with E-state index in [1.165, 1.54) is 10.6 Å². The van der Waals surface area contributed by atoms with Crippen LogP contribution < -0.4 is 5.32 Å². The first-order valence-corrected chi connectivity index (χ1v) is 8.61. The van der Waals surface area contributed by atoms with Gasteiger partial charge in [0.2, 0.25) is 0 Å². The van der Waals surface area contributed by atoms with Crippen molar-refractivity contribution < 1.29 is 4.79 Å². The highest BCUT2D eigenvalue weighted by molar-refractivity contribution is 7.09. The van der Waals surface area contributed by atoms with Crippen LogP contribution in [-0.4, -0.2) is 52.6 Å². The number of carbonyl (C=O) groups excluding carboxylic acids is 1. The van der Waals surface area contributed by atoms with Crippen LogP contribution in [0.2, 0.25) is 0 Å². The number of nitrogens with one attached hydrogen (secondary N) is 1. The lowest BCUT2D eigenvalue weighted by atomic mass is 10.2. The second-order valence-corrected chi connectivity index (χ2v) is 7.01. The van der Waals surface area contributed by atoms with Gasteiger partial charge in [-0.05, 0) is 23.6 Å². The van der Waals surface area contributed by atoms with E-state index < -0.39 is 0 Å². The molecule has 4 rings (SSSR count). The Bertz CT molecular complexity index is 651. The molecule has 2 aromatic rings. The fraction of sp³-hybridized carbons (Fsp3) is 0.438. The van der Waals surface area contributed by atoms with Crippen molar-refractivity contribution in [1.82, 2.24) is 19.7 Å². The molecule has 2 aliphatic heterocycles. The molecule has 0 bridgehead atoms. The Hall–Kier alpha value is -1.79. The number of nitrogens with zero attached hydrogens (tertiary/aromatic N) is 3. The normalized spacial score (nSPS) is 21.9. The number of amides is 2. The van der Waals surface area contributed by atoms with Crippen LogP contribution in [0.25, 0.3) is 0 Å². The summed E-state index contributed by atoms with van der Waals surface area (Å²) in [7, 11) is 0. The van der Waals surface area contributed by atoms with Crippen LogP contribution in [0.1, 0.15) is 10.6 Å². The first-order valence-electron chi connectivity index (χ1n) is 7.73. The van der Waals surface area contributed by atoms with E-state index in [2.05, 4.69) is 50.6 Å². The summed E-state index contributed by atoms with van der Waals surface area (Å²) in [4.78, 5) is 17.5. The van der Waals surface area contributed by atoms with E-state index in [1.807, 2.05) is 4.90 Å². The van der Waals surface area contributed by atoms with Crippen molar-refractivity contribution in [1.29, 1.82) is 0 Å². The zero-order valence-electron chi connectivity index (χ0n) is 12.4. The van der Waals surface area contributed by atoms with E-state index in [1.54, 1.807) is 11.3 Å². The van der Waals surface area contributed by atoms with E-state index in [4.69, 9.17) is 0 Å². The van der Waals surface area contributed by atoms with Crippen molar-refractivity contribution in [3.63, 3.8) is 0 Å². The van der Waals surface area contributed by atoms with Gasteiger partial charge in [-0.3, -0.25) is 4.90 Å². The van der Waals surface area contributed by atoms with Crippen molar-refractivity contribution in [2.24, 2.45) is 0 Å². The number of hydrogen-bond donors (Lipinski definition) is 1. The maximum absolute atomic E-state index is 11.7. The predicted octanol–water partition coefficient (Wildman–Crippen LogP) is 1.81. The Morgan fingerprint density at radius 1 is 1.23 bits per heavy atom. The number of piperazine rings is 1. The molecule has 1 atom stereocenters. The number of fused-ring (bicyclic) bond motifs is 1. The third-order valence-electron chi connectivity index (χ3n) is 4.53. The van der Waals surface area contributed by atoms with Crippen LogP contribution >= 0.6 is 11.3 Å². The number of aromatic nitrogens is 1. The van der Waals surface area contributed by atoms with Crippen molar-refractivity contribution in [3.8, 4) is 0 Å². The number of thiophene rings is 1. The quantitative estimate of drug-likeness (QED) is 0.934. The molecule has 2 amide bonds. The molecule has 1 N–H and O–H groups in total. The van der Waals surface area contributed by atoms with Crippen LogP contribution in [0.15, 0.2) is 35.8 Å². The molecule has 6 heteroatoms. The minimum Gasteiger partial charge on any atom is -0.345 e. The molecule has 2 fully saturated rings. The van der Waals surface area contributed by atoms with E-state index in [9.17, 15) is 4.79 Å².